The molecule has 0 spiro atoms. The molecule has 1 fully saturated rings. The van der Waals surface area contributed by atoms with Crippen LogP contribution < -0.4 is 4.74 Å². The van der Waals surface area contributed by atoms with Gasteiger partial charge >= 0.3 is 0 Å². The smallest absolute Gasteiger partial charge is 0.219 e. The first-order valence-electron chi connectivity index (χ1n) is 7.06. The monoisotopic (exact) mass is 269 g/mol. The number of aryl methyl sites for hydroxylation is 2. The van der Waals surface area contributed by atoms with E-state index in [1.54, 1.807) is 0 Å². The van der Waals surface area contributed by atoms with E-state index < -0.39 is 0 Å². The van der Waals surface area contributed by atoms with Gasteiger partial charge in [-0.2, -0.15) is 0 Å². The van der Waals surface area contributed by atoms with Crippen LogP contribution in [0.5, 0.6) is 5.88 Å². The predicted molar refractivity (Wildman–Crippen MR) is 77.8 cm³/mol. The van der Waals surface area contributed by atoms with Gasteiger partial charge < -0.3 is 9.47 Å². The van der Waals surface area contributed by atoms with Gasteiger partial charge in [0.25, 0.3) is 0 Å². The van der Waals surface area contributed by atoms with Gasteiger partial charge in [0.1, 0.15) is 12.7 Å². The van der Waals surface area contributed by atoms with Crippen LogP contribution in [-0.2, 0) is 17.8 Å². The summed E-state index contributed by atoms with van der Waals surface area (Å²) in [5.74, 6) is 0.714. The van der Waals surface area contributed by atoms with Crippen molar-refractivity contribution in [3.63, 3.8) is 0 Å². The highest BCUT2D eigenvalue weighted by Crippen LogP contribution is 2.36. The molecule has 0 radical (unpaired) electrons. The van der Waals surface area contributed by atoms with E-state index in [0.29, 0.717) is 12.5 Å². The quantitative estimate of drug-likeness (QED) is 0.778. The summed E-state index contributed by atoms with van der Waals surface area (Å²) in [5, 5.41) is 0. The topological polar surface area (TPSA) is 34.6 Å². The fraction of sp³-hybridized carbons (Fsp3) is 0.353. The fourth-order valence-electron chi connectivity index (χ4n) is 2.30. The van der Waals surface area contributed by atoms with E-state index in [2.05, 4.69) is 30.1 Å². The standard InChI is InChI=1S/C17H19NO2/c1-3-14-9-15(16-11-19-16)17(18-12(14)2)20-10-13-7-5-4-6-8-13/h4-9,16H,3,10-11H2,1-2H3. The second kappa shape index (κ2) is 5.63. The van der Waals surface area contributed by atoms with Crippen molar-refractivity contribution in [1.82, 2.24) is 4.98 Å². The minimum Gasteiger partial charge on any atom is -0.473 e. The molecule has 0 saturated carbocycles. The summed E-state index contributed by atoms with van der Waals surface area (Å²) in [6, 6.07) is 12.3. The molecule has 20 heavy (non-hydrogen) atoms. The van der Waals surface area contributed by atoms with Crippen LogP contribution in [0, 0.1) is 6.92 Å². The van der Waals surface area contributed by atoms with Gasteiger partial charge in [-0.3, -0.25) is 0 Å². The molecule has 3 rings (SSSR count). The Kier molecular flexibility index (Phi) is 3.70. The Morgan fingerprint density at radius 2 is 2.05 bits per heavy atom. The van der Waals surface area contributed by atoms with E-state index in [1.165, 1.54) is 5.56 Å². The molecule has 3 heteroatoms. The summed E-state index contributed by atoms with van der Waals surface area (Å²) in [4.78, 5) is 4.62. The highest BCUT2D eigenvalue weighted by Gasteiger charge is 2.29. The lowest BCUT2D eigenvalue weighted by Gasteiger charge is -2.12. The van der Waals surface area contributed by atoms with Gasteiger partial charge in [-0.05, 0) is 30.5 Å². The summed E-state index contributed by atoms with van der Waals surface area (Å²) in [5.41, 5.74) is 4.54. The van der Waals surface area contributed by atoms with Gasteiger partial charge in [0.15, 0.2) is 0 Å². The fourth-order valence-corrected chi connectivity index (χ4v) is 2.30. The molecule has 3 nitrogen and oxygen atoms in total. The first-order valence-corrected chi connectivity index (χ1v) is 7.06. The normalized spacial score (nSPS) is 17.0. The summed E-state index contributed by atoms with van der Waals surface area (Å²) in [6.45, 7) is 5.49. The molecule has 1 aliphatic rings. The van der Waals surface area contributed by atoms with Crippen LogP contribution >= 0.6 is 0 Å². The van der Waals surface area contributed by atoms with Gasteiger partial charge in [0.05, 0.1) is 6.61 Å². The number of epoxide rings is 1. The van der Waals surface area contributed by atoms with E-state index in [1.807, 2.05) is 25.1 Å². The largest absolute Gasteiger partial charge is 0.473 e. The van der Waals surface area contributed by atoms with Gasteiger partial charge in [-0.25, -0.2) is 4.98 Å². The molecule has 1 aromatic carbocycles. The van der Waals surface area contributed by atoms with Gasteiger partial charge in [-0.1, -0.05) is 37.3 Å². The molecule has 0 amide bonds. The number of pyridine rings is 1. The van der Waals surface area contributed by atoms with E-state index in [9.17, 15) is 0 Å². The lowest BCUT2D eigenvalue weighted by molar-refractivity contribution is 0.285. The first-order chi connectivity index (χ1) is 9.78. The van der Waals surface area contributed by atoms with Crippen LogP contribution in [0.25, 0.3) is 0 Å². The molecule has 2 aromatic rings. The molecule has 0 aliphatic carbocycles. The van der Waals surface area contributed by atoms with Crippen molar-refractivity contribution in [1.29, 1.82) is 0 Å². The second-order valence-electron chi connectivity index (χ2n) is 5.08. The summed E-state index contributed by atoms with van der Waals surface area (Å²) in [7, 11) is 0. The number of hydrogen-bond donors (Lipinski definition) is 0. The van der Waals surface area contributed by atoms with Crippen molar-refractivity contribution in [2.45, 2.75) is 33.0 Å². The van der Waals surface area contributed by atoms with Gasteiger partial charge in [0, 0.05) is 11.3 Å². The van der Waals surface area contributed by atoms with E-state index in [0.717, 1.165) is 29.8 Å². The zero-order valence-electron chi connectivity index (χ0n) is 11.9. The lowest BCUT2D eigenvalue weighted by Crippen LogP contribution is -2.04. The summed E-state index contributed by atoms with van der Waals surface area (Å²) >= 11 is 0. The lowest BCUT2D eigenvalue weighted by atomic mass is 10.1. The van der Waals surface area contributed by atoms with E-state index in [-0.39, 0.29) is 6.10 Å². The Balaban J connectivity index is 1.83. The van der Waals surface area contributed by atoms with Crippen molar-refractivity contribution in [2.75, 3.05) is 6.61 Å². The number of rotatable bonds is 5. The predicted octanol–water partition coefficient (Wildman–Crippen LogP) is 3.60. The Morgan fingerprint density at radius 1 is 1.30 bits per heavy atom. The van der Waals surface area contributed by atoms with Gasteiger partial charge in [0.2, 0.25) is 5.88 Å². The zero-order chi connectivity index (χ0) is 13.9. The molecule has 104 valence electrons. The van der Waals surface area contributed by atoms with Crippen molar-refractivity contribution in [3.8, 4) is 5.88 Å². The number of nitrogens with zero attached hydrogens (tertiary/aromatic N) is 1. The average Bonchev–Trinajstić information content (AvgIpc) is 3.31. The minimum absolute atomic E-state index is 0.166. The number of hydrogen-bond acceptors (Lipinski definition) is 3. The molecule has 1 aliphatic heterocycles. The summed E-state index contributed by atoms with van der Waals surface area (Å²) < 4.78 is 11.3. The third-order valence-corrected chi connectivity index (χ3v) is 3.59. The van der Waals surface area contributed by atoms with Crippen LogP contribution in [0.15, 0.2) is 36.4 Å². The molecule has 1 saturated heterocycles. The SMILES string of the molecule is CCc1cc(C2CO2)c(OCc2ccccc2)nc1C. The minimum atomic E-state index is 0.166. The van der Waals surface area contributed by atoms with Gasteiger partial charge in [-0.15, -0.1) is 0 Å². The van der Waals surface area contributed by atoms with Crippen molar-refractivity contribution in [3.05, 3.63) is 58.8 Å². The molecule has 1 atom stereocenters. The molecular formula is C17H19NO2. The molecular weight excluding hydrogens is 250 g/mol. The van der Waals surface area contributed by atoms with Crippen LogP contribution in [0.4, 0.5) is 0 Å². The molecule has 0 bridgehead atoms. The Morgan fingerprint density at radius 3 is 2.70 bits per heavy atom. The van der Waals surface area contributed by atoms with Crippen LogP contribution in [-0.4, -0.2) is 11.6 Å². The van der Waals surface area contributed by atoms with Crippen LogP contribution in [0.3, 0.4) is 0 Å². The summed E-state index contributed by atoms with van der Waals surface area (Å²) in [6.07, 6.45) is 1.15. The third kappa shape index (κ3) is 2.83. The number of aromatic nitrogens is 1. The zero-order valence-corrected chi connectivity index (χ0v) is 11.9. The number of benzene rings is 1. The van der Waals surface area contributed by atoms with E-state index >= 15 is 0 Å². The molecule has 1 unspecified atom stereocenters. The Hall–Kier alpha value is -1.87. The maximum absolute atomic E-state index is 5.91. The van der Waals surface area contributed by atoms with Crippen molar-refractivity contribution >= 4 is 0 Å². The molecule has 2 heterocycles. The first kappa shape index (κ1) is 13.1. The highest BCUT2D eigenvalue weighted by molar-refractivity contribution is 5.37. The number of ether oxygens (including phenoxy) is 2. The Labute approximate surface area is 119 Å². The highest BCUT2D eigenvalue weighted by atomic mass is 16.6. The van der Waals surface area contributed by atoms with Crippen LogP contribution in [0.2, 0.25) is 0 Å². The maximum atomic E-state index is 5.91. The second-order valence-corrected chi connectivity index (χ2v) is 5.08. The van der Waals surface area contributed by atoms with E-state index in [4.69, 9.17) is 9.47 Å². The molecule has 0 N–H and O–H groups in total. The maximum Gasteiger partial charge on any atom is 0.219 e. The third-order valence-electron chi connectivity index (χ3n) is 3.59. The van der Waals surface area contributed by atoms with Crippen LogP contribution in [0.1, 0.15) is 35.4 Å². The average molecular weight is 269 g/mol. The molecule has 1 aromatic heterocycles. The Bertz CT molecular complexity index is 591. The van der Waals surface area contributed by atoms with Crippen molar-refractivity contribution in [2.24, 2.45) is 0 Å². The van der Waals surface area contributed by atoms with Crippen molar-refractivity contribution < 1.29 is 9.47 Å².